The zero-order valence-corrected chi connectivity index (χ0v) is 11.0. The molecule has 0 saturated heterocycles. The molecule has 1 aromatic heterocycles. The van der Waals surface area contributed by atoms with Crippen molar-refractivity contribution in [1.82, 2.24) is 4.98 Å². The molecular weight excluding hydrogens is 266 g/mol. The van der Waals surface area contributed by atoms with Crippen LogP contribution in [0.5, 0.6) is 0 Å². The number of nitriles is 1. The van der Waals surface area contributed by atoms with Gasteiger partial charge in [0.2, 0.25) is 0 Å². The van der Waals surface area contributed by atoms with Gasteiger partial charge in [0.15, 0.2) is 0 Å². The number of aromatic nitrogens is 1. The van der Waals surface area contributed by atoms with Crippen LogP contribution in [0.2, 0.25) is 5.02 Å². The number of hydrogen-bond acceptors (Lipinski definition) is 4. The Morgan fingerprint density at radius 3 is 3.05 bits per heavy atom. The van der Waals surface area contributed by atoms with Crippen LogP contribution in [0.15, 0.2) is 12.3 Å². The second-order valence-electron chi connectivity index (χ2n) is 4.68. The molecule has 1 aromatic rings. The lowest BCUT2D eigenvalue weighted by Gasteiger charge is -2.28. The van der Waals surface area contributed by atoms with Crippen LogP contribution in [0, 0.1) is 17.2 Å². The largest absolute Gasteiger partial charge is 0.481 e. The highest BCUT2D eigenvalue weighted by atomic mass is 35.5. The van der Waals surface area contributed by atoms with Crippen LogP contribution in [-0.4, -0.2) is 22.1 Å². The third kappa shape index (κ3) is 3.15. The van der Waals surface area contributed by atoms with Crippen LogP contribution >= 0.6 is 11.6 Å². The fourth-order valence-corrected chi connectivity index (χ4v) is 2.58. The molecule has 1 heterocycles. The van der Waals surface area contributed by atoms with E-state index >= 15 is 0 Å². The van der Waals surface area contributed by atoms with E-state index in [2.05, 4.69) is 10.3 Å². The smallest absolute Gasteiger partial charge is 0.306 e. The molecule has 0 amide bonds. The van der Waals surface area contributed by atoms with Crippen molar-refractivity contribution < 1.29 is 9.90 Å². The maximum atomic E-state index is 11.0. The second kappa shape index (κ2) is 5.89. The van der Waals surface area contributed by atoms with Crippen LogP contribution in [0.4, 0.5) is 5.82 Å². The van der Waals surface area contributed by atoms with Gasteiger partial charge in [-0.3, -0.25) is 4.79 Å². The summed E-state index contributed by atoms with van der Waals surface area (Å²) in [5.74, 6) is -0.614. The number of nitrogens with zero attached hydrogens (tertiary/aromatic N) is 2. The number of rotatable bonds is 3. The van der Waals surface area contributed by atoms with Gasteiger partial charge in [-0.1, -0.05) is 18.0 Å². The number of hydrogen-bond donors (Lipinski definition) is 2. The lowest BCUT2D eigenvalue weighted by molar-refractivity contribution is -0.142. The van der Waals surface area contributed by atoms with Gasteiger partial charge in [0.05, 0.1) is 11.5 Å². The van der Waals surface area contributed by atoms with Gasteiger partial charge in [0, 0.05) is 12.2 Å². The van der Waals surface area contributed by atoms with E-state index in [0.29, 0.717) is 29.2 Å². The Kier molecular flexibility index (Phi) is 4.23. The van der Waals surface area contributed by atoms with Gasteiger partial charge in [0.1, 0.15) is 16.9 Å². The second-order valence-corrected chi connectivity index (χ2v) is 5.05. The molecule has 1 aliphatic rings. The first-order valence-corrected chi connectivity index (χ1v) is 6.53. The molecular formula is C13H14ClN3O2. The molecule has 0 aromatic carbocycles. The fraction of sp³-hybridized carbons (Fsp3) is 0.462. The Morgan fingerprint density at radius 1 is 1.58 bits per heavy atom. The fourth-order valence-electron chi connectivity index (χ4n) is 2.37. The molecule has 1 aliphatic carbocycles. The van der Waals surface area contributed by atoms with Crippen molar-refractivity contribution in [2.75, 3.05) is 5.32 Å². The highest BCUT2D eigenvalue weighted by Gasteiger charge is 2.27. The first-order valence-electron chi connectivity index (χ1n) is 6.15. The number of anilines is 1. The third-order valence-corrected chi connectivity index (χ3v) is 3.76. The molecule has 1 fully saturated rings. The SMILES string of the molecule is N#Cc1ccnc(NC2CCCC(C(=O)O)C2)c1Cl. The standard InChI is InChI=1S/C13H14ClN3O2/c14-11-9(7-15)4-5-16-12(11)17-10-3-1-2-8(6-10)13(18)19/h4-5,8,10H,1-3,6H2,(H,16,17)(H,18,19). The van der Waals surface area contributed by atoms with Gasteiger partial charge < -0.3 is 10.4 Å². The molecule has 1 saturated carbocycles. The highest BCUT2D eigenvalue weighted by Crippen LogP contribution is 2.29. The van der Waals surface area contributed by atoms with Crippen LogP contribution in [0.25, 0.3) is 0 Å². The number of carbonyl (C=O) groups is 1. The van der Waals surface area contributed by atoms with Crippen LogP contribution in [0.3, 0.4) is 0 Å². The molecule has 100 valence electrons. The average Bonchev–Trinajstić information content (AvgIpc) is 2.41. The van der Waals surface area contributed by atoms with E-state index in [1.807, 2.05) is 6.07 Å². The number of carboxylic acids is 1. The van der Waals surface area contributed by atoms with E-state index in [0.717, 1.165) is 12.8 Å². The average molecular weight is 280 g/mol. The van der Waals surface area contributed by atoms with Gasteiger partial charge in [-0.2, -0.15) is 5.26 Å². The molecule has 5 nitrogen and oxygen atoms in total. The summed E-state index contributed by atoms with van der Waals surface area (Å²) in [6.07, 6.45) is 4.55. The molecule has 2 rings (SSSR count). The molecule has 2 unspecified atom stereocenters. The lowest BCUT2D eigenvalue weighted by Crippen LogP contribution is -2.31. The molecule has 0 bridgehead atoms. The van der Waals surface area contributed by atoms with Crippen LogP contribution in [-0.2, 0) is 4.79 Å². The summed E-state index contributed by atoms with van der Waals surface area (Å²) in [7, 11) is 0. The summed E-state index contributed by atoms with van der Waals surface area (Å²) < 4.78 is 0. The molecule has 0 aliphatic heterocycles. The van der Waals surface area contributed by atoms with E-state index in [-0.39, 0.29) is 12.0 Å². The molecule has 2 atom stereocenters. The quantitative estimate of drug-likeness (QED) is 0.888. The summed E-state index contributed by atoms with van der Waals surface area (Å²) in [6, 6.07) is 3.58. The van der Waals surface area contributed by atoms with Crippen LogP contribution in [0.1, 0.15) is 31.2 Å². The Hall–Kier alpha value is -1.80. The van der Waals surface area contributed by atoms with Crippen LogP contribution < -0.4 is 5.32 Å². The van der Waals surface area contributed by atoms with E-state index < -0.39 is 5.97 Å². The zero-order chi connectivity index (χ0) is 13.8. The van der Waals surface area contributed by atoms with E-state index in [9.17, 15) is 4.79 Å². The predicted octanol–water partition coefficient (Wildman–Crippen LogP) is 2.66. The third-order valence-electron chi connectivity index (χ3n) is 3.37. The summed E-state index contributed by atoms with van der Waals surface area (Å²) in [5.41, 5.74) is 0.366. The first kappa shape index (κ1) is 13.6. The monoisotopic (exact) mass is 279 g/mol. The lowest BCUT2D eigenvalue weighted by atomic mass is 9.86. The predicted molar refractivity (Wildman–Crippen MR) is 71.0 cm³/mol. The maximum absolute atomic E-state index is 11.0. The minimum absolute atomic E-state index is 0.0359. The molecule has 19 heavy (non-hydrogen) atoms. The Balaban J connectivity index is 2.09. The van der Waals surface area contributed by atoms with Crippen molar-refractivity contribution in [2.24, 2.45) is 5.92 Å². The van der Waals surface area contributed by atoms with E-state index in [1.54, 1.807) is 6.07 Å². The van der Waals surface area contributed by atoms with Gasteiger partial charge in [-0.05, 0) is 25.3 Å². The normalized spacial score (nSPS) is 22.5. The number of halogens is 1. The van der Waals surface area contributed by atoms with Crippen molar-refractivity contribution >= 4 is 23.4 Å². The summed E-state index contributed by atoms with van der Waals surface area (Å²) >= 11 is 6.06. The number of aliphatic carboxylic acids is 1. The van der Waals surface area contributed by atoms with Gasteiger partial charge in [-0.25, -0.2) is 4.98 Å². The van der Waals surface area contributed by atoms with Gasteiger partial charge in [0.25, 0.3) is 0 Å². The van der Waals surface area contributed by atoms with Crippen molar-refractivity contribution in [2.45, 2.75) is 31.7 Å². The summed E-state index contributed by atoms with van der Waals surface area (Å²) in [5, 5.41) is 21.4. The Bertz CT molecular complexity index is 527. The number of pyridine rings is 1. The Morgan fingerprint density at radius 2 is 2.37 bits per heavy atom. The van der Waals surface area contributed by atoms with E-state index in [1.165, 1.54) is 6.20 Å². The van der Waals surface area contributed by atoms with Crippen molar-refractivity contribution in [3.8, 4) is 6.07 Å². The minimum atomic E-state index is -0.753. The minimum Gasteiger partial charge on any atom is -0.481 e. The molecule has 0 spiro atoms. The first-order chi connectivity index (χ1) is 9.11. The van der Waals surface area contributed by atoms with Crippen molar-refractivity contribution in [1.29, 1.82) is 5.26 Å². The Labute approximate surface area is 116 Å². The zero-order valence-electron chi connectivity index (χ0n) is 10.3. The highest BCUT2D eigenvalue weighted by molar-refractivity contribution is 6.34. The van der Waals surface area contributed by atoms with Gasteiger partial charge >= 0.3 is 5.97 Å². The summed E-state index contributed by atoms with van der Waals surface area (Å²) in [4.78, 5) is 15.1. The molecule has 6 heteroatoms. The molecule has 2 N–H and O–H groups in total. The number of nitrogens with one attached hydrogen (secondary N) is 1. The van der Waals surface area contributed by atoms with Crippen molar-refractivity contribution in [3.63, 3.8) is 0 Å². The maximum Gasteiger partial charge on any atom is 0.306 e. The van der Waals surface area contributed by atoms with Crippen molar-refractivity contribution in [3.05, 3.63) is 22.8 Å². The topological polar surface area (TPSA) is 86.0 Å². The van der Waals surface area contributed by atoms with E-state index in [4.69, 9.17) is 22.0 Å². The number of carboxylic acid groups (broad SMARTS) is 1. The molecule has 0 radical (unpaired) electrons. The summed E-state index contributed by atoms with van der Waals surface area (Å²) in [6.45, 7) is 0. The van der Waals surface area contributed by atoms with Gasteiger partial charge in [-0.15, -0.1) is 0 Å².